The van der Waals surface area contributed by atoms with Crippen LogP contribution in [-0.2, 0) is 29.5 Å². The number of Topliss-reactive ketones (excluding diaryl/α,β-unsaturated/α-hetero) is 1. The number of rotatable bonds is 12. The summed E-state index contributed by atoms with van der Waals surface area (Å²) in [7, 11) is 0. The summed E-state index contributed by atoms with van der Waals surface area (Å²) in [4.78, 5) is 19.5. The fourth-order valence-electron chi connectivity index (χ4n) is 8.25. The van der Waals surface area contributed by atoms with Crippen molar-refractivity contribution in [2.75, 3.05) is 39.3 Å². The van der Waals surface area contributed by atoms with E-state index in [-0.39, 0.29) is 17.6 Å². The highest BCUT2D eigenvalue weighted by atomic mass is 16.5. The lowest BCUT2D eigenvalue weighted by atomic mass is 9.69. The zero-order valence-corrected chi connectivity index (χ0v) is 28.2. The molecule has 3 aliphatic rings. The van der Waals surface area contributed by atoms with E-state index in [9.17, 15) is 4.79 Å². The maximum atomic E-state index is 14.0. The number of ketones is 1. The zero-order chi connectivity index (χ0) is 30.9. The molecule has 2 aromatic carbocycles. The summed E-state index contributed by atoms with van der Waals surface area (Å²) in [6.07, 6.45) is 13.7. The smallest absolute Gasteiger partial charge is 0.154 e. The molecule has 3 heterocycles. The van der Waals surface area contributed by atoms with Crippen LogP contribution in [0.25, 0.3) is 0 Å². The Morgan fingerprint density at radius 3 is 2.45 bits per heavy atom. The van der Waals surface area contributed by atoms with E-state index in [0.717, 1.165) is 69.0 Å². The average Bonchev–Trinajstić information content (AvgIpc) is 3.28. The molecule has 0 saturated carbocycles. The van der Waals surface area contributed by atoms with Crippen LogP contribution in [0.1, 0.15) is 108 Å². The molecule has 0 amide bonds. The van der Waals surface area contributed by atoms with Crippen LogP contribution in [0.3, 0.4) is 0 Å². The van der Waals surface area contributed by atoms with Crippen molar-refractivity contribution in [1.29, 1.82) is 0 Å². The first-order chi connectivity index (χ1) is 21.4. The van der Waals surface area contributed by atoms with Gasteiger partial charge in [-0.1, -0.05) is 50.6 Å². The van der Waals surface area contributed by atoms with E-state index in [1.807, 2.05) is 32.0 Å². The van der Waals surface area contributed by atoms with Gasteiger partial charge in [0.15, 0.2) is 5.78 Å². The summed E-state index contributed by atoms with van der Waals surface area (Å²) in [5.74, 6) is 1.15. The van der Waals surface area contributed by atoms with Crippen LogP contribution < -0.4 is 10.1 Å². The monoisotopic (exact) mass is 601 g/mol. The second-order valence-corrected chi connectivity index (χ2v) is 14.2. The van der Waals surface area contributed by atoms with Crippen molar-refractivity contribution in [1.82, 2.24) is 15.1 Å². The van der Waals surface area contributed by atoms with Gasteiger partial charge >= 0.3 is 0 Å². The Balaban J connectivity index is 1.33. The molecule has 2 aromatic rings. The molecule has 5 rings (SSSR count). The van der Waals surface area contributed by atoms with Gasteiger partial charge in [0.25, 0.3) is 0 Å². The second-order valence-electron chi connectivity index (χ2n) is 14.2. The Hall–Kier alpha value is -2.21. The minimum Gasteiger partial charge on any atom is -0.491 e. The summed E-state index contributed by atoms with van der Waals surface area (Å²) < 4.78 is 5.93. The van der Waals surface area contributed by atoms with Crippen LogP contribution >= 0.6 is 0 Å². The molecule has 0 aromatic heterocycles. The van der Waals surface area contributed by atoms with E-state index < -0.39 is 0 Å². The Bertz CT molecular complexity index is 1200. The predicted molar refractivity (Wildman–Crippen MR) is 183 cm³/mol. The lowest BCUT2D eigenvalue weighted by molar-refractivity contribution is -0.120. The third-order valence-electron chi connectivity index (χ3n) is 10.8. The summed E-state index contributed by atoms with van der Waals surface area (Å²) in [5.41, 5.74) is 5.46. The molecule has 242 valence electrons. The van der Waals surface area contributed by atoms with Gasteiger partial charge in [0.1, 0.15) is 5.75 Å². The molecular formula is C39H59N3O2. The molecule has 0 spiro atoms. The van der Waals surface area contributed by atoms with Gasteiger partial charge in [-0.3, -0.25) is 4.79 Å². The molecule has 0 bridgehead atoms. The highest BCUT2D eigenvalue weighted by Crippen LogP contribution is 2.41. The third kappa shape index (κ3) is 8.53. The second kappa shape index (κ2) is 15.9. The van der Waals surface area contributed by atoms with Gasteiger partial charge in [0.05, 0.1) is 12.1 Å². The number of likely N-dealkylation sites (tertiary alicyclic amines) is 2. The van der Waals surface area contributed by atoms with Crippen molar-refractivity contribution in [3.05, 3.63) is 64.7 Å². The molecule has 3 fully saturated rings. The topological polar surface area (TPSA) is 44.8 Å². The van der Waals surface area contributed by atoms with Crippen LogP contribution in [0.5, 0.6) is 5.75 Å². The van der Waals surface area contributed by atoms with Gasteiger partial charge in [0.2, 0.25) is 0 Å². The standard InChI is InChI=1S/C39H59N3O2/c1-5-32-14-15-34(28-33(32)6-2)39(19-25-41-23-16-35(17-24-41)42-21-8-7-9-22-42)18-11-20-40-37(29-39)38(43)27-31-12-10-13-36(26-31)44-30(3)4/h10,12-15,26,28,30,35,37,40H,5-9,11,16-25,27,29H2,1-4H3. The first kappa shape index (κ1) is 33.2. The van der Waals surface area contributed by atoms with Crippen molar-refractivity contribution < 1.29 is 9.53 Å². The summed E-state index contributed by atoms with van der Waals surface area (Å²) >= 11 is 0. The maximum Gasteiger partial charge on any atom is 0.154 e. The van der Waals surface area contributed by atoms with Gasteiger partial charge < -0.3 is 19.9 Å². The van der Waals surface area contributed by atoms with E-state index in [0.29, 0.717) is 12.2 Å². The Kier molecular flexibility index (Phi) is 12.0. The van der Waals surface area contributed by atoms with Gasteiger partial charge in [-0.25, -0.2) is 0 Å². The Morgan fingerprint density at radius 1 is 0.955 bits per heavy atom. The number of benzene rings is 2. The first-order valence-electron chi connectivity index (χ1n) is 18.0. The fourth-order valence-corrected chi connectivity index (χ4v) is 8.25. The number of carbonyl (C=O) groups excluding carboxylic acids is 1. The quantitative estimate of drug-likeness (QED) is 0.280. The molecule has 1 N–H and O–H groups in total. The maximum absolute atomic E-state index is 14.0. The number of carbonyl (C=O) groups is 1. The normalized spacial score (nSPS) is 24.3. The van der Waals surface area contributed by atoms with Crippen molar-refractivity contribution in [2.45, 2.75) is 128 Å². The van der Waals surface area contributed by atoms with E-state index in [4.69, 9.17) is 4.74 Å². The third-order valence-corrected chi connectivity index (χ3v) is 10.8. The average molecular weight is 602 g/mol. The van der Waals surface area contributed by atoms with Crippen LogP contribution in [-0.4, -0.2) is 73.0 Å². The predicted octanol–water partition coefficient (Wildman–Crippen LogP) is 7.13. The lowest BCUT2D eigenvalue weighted by Crippen LogP contribution is -2.48. The summed E-state index contributed by atoms with van der Waals surface area (Å²) in [6, 6.07) is 16.1. The minimum absolute atomic E-state index is 0.00629. The SMILES string of the molecule is CCc1ccc(C2(CCN3CCC(N4CCCCC4)CC3)CCCNC(C(=O)Cc3cccc(OC(C)C)c3)C2)cc1CC. The molecule has 3 saturated heterocycles. The van der Waals surface area contributed by atoms with E-state index in [2.05, 4.69) is 53.2 Å². The number of aryl methyl sites for hydroxylation is 2. The van der Waals surface area contributed by atoms with E-state index >= 15 is 0 Å². The fraction of sp³-hybridized carbons (Fsp3) is 0.667. The molecular weight excluding hydrogens is 542 g/mol. The van der Waals surface area contributed by atoms with Crippen LogP contribution in [0, 0.1) is 0 Å². The number of piperidine rings is 2. The zero-order valence-electron chi connectivity index (χ0n) is 28.2. The van der Waals surface area contributed by atoms with Gasteiger partial charge in [0, 0.05) is 12.5 Å². The van der Waals surface area contributed by atoms with E-state index in [1.54, 1.807) is 0 Å². The molecule has 5 heteroatoms. The molecule has 0 aliphatic carbocycles. The molecule has 44 heavy (non-hydrogen) atoms. The van der Waals surface area contributed by atoms with E-state index in [1.165, 1.54) is 75.0 Å². The van der Waals surface area contributed by atoms with Gasteiger partial charge in [-0.2, -0.15) is 0 Å². The Labute approximate surface area is 268 Å². The number of nitrogens with one attached hydrogen (secondary N) is 1. The Morgan fingerprint density at radius 2 is 1.73 bits per heavy atom. The lowest BCUT2D eigenvalue weighted by Gasteiger charge is -2.42. The molecule has 2 unspecified atom stereocenters. The van der Waals surface area contributed by atoms with Crippen molar-refractivity contribution in [2.24, 2.45) is 0 Å². The number of nitrogens with zero attached hydrogens (tertiary/aromatic N) is 2. The molecule has 0 radical (unpaired) electrons. The number of ether oxygens (including phenoxy) is 1. The van der Waals surface area contributed by atoms with Gasteiger partial charge in [-0.15, -0.1) is 0 Å². The van der Waals surface area contributed by atoms with Gasteiger partial charge in [-0.05, 0) is 157 Å². The van der Waals surface area contributed by atoms with Crippen LogP contribution in [0.2, 0.25) is 0 Å². The van der Waals surface area contributed by atoms with Crippen LogP contribution in [0.15, 0.2) is 42.5 Å². The number of hydrogen-bond acceptors (Lipinski definition) is 5. The molecule has 5 nitrogen and oxygen atoms in total. The highest BCUT2D eigenvalue weighted by molar-refractivity contribution is 5.86. The largest absolute Gasteiger partial charge is 0.491 e. The van der Waals surface area contributed by atoms with Crippen molar-refractivity contribution in [3.63, 3.8) is 0 Å². The molecule has 2 atom stereocenters. The number of hydrogen-bond donors (Lipinski definition) is 1. The van der Waals surface area contributed by atoms with Crippen molar-refractivity contribution >= 4 is 5.78 Å². The van der Waals surface area contributed by atoms with Crippen molar-refractivity contribution in [3.8, 4) is 5.75 Å². The minimum atomic E-state index is -0.132. The highest BCUT2D eigenvalue weighted by Gasteiger charge is 2.39. The van der Waals surface area contributed by atoms with Crippen LogP contribution in [0.4, 0.5) is 0 Å². The summed E-state index contributed by atoms with van der Waals surface area (Å²) in [6.45, 7) is 15.7. The first-order valence-corrected chi connectivity index (χ1v) is 18.0. The molecule has 3 aliphatic heterocycles. The summed E-state index contributed by atoms with van der Waals surface area (Å²) in [5, 5.41) is 3.70.